The summed E-state index contributed by atoms with van der Waals surface area (Å²) >= 11 is 4.78. The monoisotopic (exact) mass is 332 g/mol. The van der Waals surface area contributed by atoms with E-state index >= 15 is 0 Å². The van der Waals surface area contributed by atoms with Gasteiger partial charge >= 0.3 is 0 Å². The third kappa shape index (κ3) is 3.23. The quantitative estimate of drug-likeness (QED) is 0.841. The van der Waals surface area contributed by atoms with E-state index < -0.39 is 15.8 Å². The smallest absolute Gasteiger partial charge is 0.243 e. The van der Waals surface area contributed by atoms with Crippen LogP contribution in [0, 0.1) is 5.82 Å². The fourth-order valence-electron chi connectivity index (χ4n) is 2.41. The van der Waals surface area contributed by atoms with Gasteiger partial charge < -0.3 is 10.5 Å². The maximum atomic E-state index is 13.8. The van der Waals surface area contributed by atoms with E-state index in [4.69, 9.17) is 22.7 Å². The molecule has 0 radical (unpaired) electrons. The molecule has 0 amide bonds. The van der Waals surface area contributed by atoms with E-state index in [-0.39, 0.29) is 21.6 Å². The summed E-state index contributed by atoms with van der Waals surface area (Å²) < 4.78 is 45.7. The number of sulfonamides is 1. The van der Waals surface area contributed by atoms with E-state index in [1.54, 1.807) is 7.11 Å². The van der Waals surface area contributed by atoms with E-state index in [2.05, 4.69) is 0 Å². The van der Waals surface area contributed by atoms with Crippen LogP contribution in [0.15, 0.2) is 23.1 Å². The number of nitrogens with zero attached hydrogens (tertiary/aromatic N) is 1. The zero-order valence-corrected chi connectivity index (χ0v) is 13.2. The van der Waals surface area contributed by atoms with Gasteiger partial charge in [-0.2, -0.15) is 4.31 Å². The highest BCUT2D eigenvalue weighted by molar-refractivity contribution is 7.89. The second-order valence-corrected chi connectivity index (χ2v) is 7.16. The fraction of sp³-hybridized carbons (Fsp3) is 0.462. The van der Waals surface area contributed by atoms with Gasteiger partial charge in [0.2, 0.25) is 10.0 Å². The molecular weight excluding hydrogens is 315 g/mol. The Balaban J connectivity index is 2.37. The predicted molar refractivity (Wildman–Crippen MR) is 81.1 cm³/mol. The van der Waals surface area contributed by atoms with E-state index in [9.17, 15) is 12.8 Å². The number of thiocarbonyl (C=S) groups is 1. The largest absolute Gasteiger partial charge is 0.389 e. The Morgan fingerprint density at radius 2 is 2.05 bits per heavy atom. The molecule has 0 bridgehead atoms. The summed E-state index contributed by atoms with van der Waals surface area (Å²) in [6.45, 7) is 0.655. The van der Waals surface area contributed by atoms with E-state index in [0.29, 0.717) is 25.9 Å². The first-order valence-corrected chi connectivity index (χ1v) is 8.34. The molecule has 0 aliphatic carbocycles. The van der Waals surface area contributed by atoms with Gasteiger partial charge in [0.05, 0.1) is 16.6 Å². The molecule has 1 fully saturated rings. The molecule has 0 atom stereocenters. The molecule has 2 N–H and O–H groups in total. The SMILES string of the molecule is COC1CCN(S(=O)(=O)c2cccc(F)c2C(N)=S)CC1. The molecule has 0 spiro atoms. The lowest BCUT2D eigenvalue weighted by Crippen LogP contribution is -2.41. The van der Waals surface area contributed by atoms with Gasteiger partial charge in [0.15, 0.2) is 0 Å². The highest BCUT2D eigenvalue weighted by Crippen LogP contribution is 2.25. The Morgan fingerprint density at radius 3 is 2.57 bits per heavy atom. The van der Waals surface area contributed by atoms with E-state index in [1.807, 2.05) is 0 Å². The topological polar surface area (TPSA) is 72.6 Å². The van der Waals surface area contributed by atoms with Gasteiger partial charge in [-0.1, -0.05) is 18.3 Å². The molecular formula is C13H17FN2O3S2. The van der Waals surface area contributed by atoms with Crippen molar-refractivity contribution in [3.8, 4) is 0 Å². The number of methoxy groups -OCH3 is 1. The number of halogens is 1. The lowest BCUT2D eigenvalue weighted by Gasteiger charge is -2.30. The van der Waals surface area contributed by atoms with E-state index in [1.165, 1.54) is 16.4 Å². The average Bonchev–Trinajstić information content (AvgIpc) is 2.46. The van der Waals surface area contributed by atoms with Crippen LogP contribution < -0.4 is 5.73 Å². The molecule has 1 aliphatic rings. The Kier molecular flexibility index (Phi) is 4.92. The van der Waals surface area contributed by atoms with Crippen molar-refractivity contribution in [2.75, 3.05) is 20.2 Å². The maximum Gasteiger partial charge on any atom is 0.243 e. The Hall–Kier alpha value is -1.09. The number of piperidine rings is 1. The van der Waals surface area contributed by atoms with Gasteiger partial charge in [0.25, 0.3) is 0 Å². The first-order valence-electron chi connectivity index (χ1n) is 6.49. The minimum atomic E-state index is -3.82. The molecule has 0 saturated carbocycles. The molecule has 0 aromatic heterocycles. The van der Waals surface area contributed by atoms with Crippen LogP contribution in [0.3, 0.4) is 0 Å². The Labute approximate surface area is 128 Å². The van der Waals surface area contributed by atoms with Crippen molar-refractivity contribution in [1.82, 2.24) is 4.31 Å². The number of benzene rings is 1. The Bertz CT molecular complexity index is 641. The van der Waals surface area contributed by atoms with Crippen LogP contribution in [0.4, 0.5) is 4.39 Å². The average molecular weight is 332 g/mol. The molecule has 8 heteroatoms. The van der Waals surface area contributed by atoms with Gasteiger partial charge in [-0.3, -0.25) is 0 Å². The zero-order chi connectivity index (χ0) is 15.6. The van der Waals surface area contributed by atoms with E-state index in [0.717, 1.165) is 6.07 Å². The number of hydrogen-bond donors (Lipinski definition) is 1. The van der Waals surface area contributed by atoms with Crippen molar-refractivity contribution in [3.05, 3.63) is 29.6 Å². The highest BCUT2D eigenvalue weighted by Gasteiger charge is 2.32. The van der Waals surface area contributed by atoms with Gasteiger partial charge in [-0.15, -0.1) is 0 Å². The molecule has 1 aromatic carbocycles. The molecule has 1 saturated heterocycles. The number of rotatable bonds is 4. The highest BCUT2D eigenvalue weighted by atomic mass is 32.2. The molecule has 1 heterocycles. The molecule has 21 heavy (non-hydrogen) atoms. The van der Waals surface area contributed by atoms with Gasteiger partial charge in [-0.05, 0) is 25.0 Å². The minimum absolute atomic E-state index is 0.0546. The maximum absolute atomic E-state index is 13.8. The first-order chi connectivity index (χ1) is 9.87. The summed E-state index contributed by atoms with van der Waals surface area (Å²) in [6, 6.07) is 3.81. The molecule has 2 rings (SSSR count). The van der Waals surface area contributed by atoms with Crippen LogP contribution in [0.25, 0.3) is 0 Å². The number of nitrogens with two attached hydrogens (primary N) is 1. The van der Waals surface area contributed by atoms with Gasteiger partial charge in [0, 0.05) is 20.2 Å². The van der Waals surface area contributed by atoms with Crippen molar-refractivity contribution in [2.45, 2.75) is 23.8 Å². The van der Waals surface area contributed by atoms with Crippen molar-refractivity contribution in [3.63, 3.8) is 0 Å². The van der Waals surface area contributed by atoms with Crippen LogP contribution in [-0.4, -0.2) is 44.0 Å². The summed E-state index contributed by atoms with van der Waals surface area (Å²) in [5, 5.41) is 0. The number of ether oxygens (including phenoxy) is 1. The summed E-state index contributed by atoms with van der Waals surface area (Å²) in [7, 11) is -2.22. The van der Waals surface area contributed by atoms with Gasteiger partial charge in [0.1, 0.15) is 10.8 Å². The van der Waals surface area contributed by atoms with Crippen LogP contribution in [0.1, 0.15) is 18.4 Å². The lowest BCUT2D eigenvalue weighted by molar-refractivity contribution is 0.0604. The molecule has 116 valence electrons. The third-order valence-corrected chi connectivity index (χ3v) is 5.72. The second kappa shape index (κ2) is 6.35. The lowest BCUT2D eigenvalue weighted by atomic mass is 10.1. The van der Waals surface area contributed by atoms with Crippen molar-refractivity contribution in [1.29, 1.82) is 0 Å². The Morgan fingerprint density at radius 1 is 1.43 bits per heavy atom. The third-order valence-electron chi connectivity index (χ3n) is 3.57. The van der Waals surface area contributed by atoms with Crippen molar-refractivity contribution >= 4 is 27.2 Å². The summed E-state index contributed by atoms with van der Waals surface area (Å²) in [5.41, 5.74) is 5.25. The van der Waals surface area contributed by atoms with Crippen LogP contribution in [0.2, 0.25) is 0 Å². The zero-order valence-electron chi connectivity index (χ0n) is 11.6. The summed E-state index contributed by atoms with van der Waals surface area (Å²) in [4.78, 5) is -0.440. The molecule has 1 aliphatic heterocycles. The van der Waals surface area contributed by atoms with Crippen LogP contribution in [-0.2, 0) is 14.8 Å². The molecule has 0 unspecified atom stereocenters. The second-order valence-electron chi connectivity index (χ2n) is 4.82. The summed E-state index contributed by atoms with van der Waals surface area (Å²) in [5.74, 6) is -0.727. The molecule has 1 aromatic rings. The fourth-order valence-corrected chi connectivity index (χ4v) is 4.36. The predicted octanol–water partition coefficient (Wildman–Crippen LogP) is 1.26. The van der Waals surface area contributed by atoms with Gasteiger partial charge in [-0.25, -0.2) is 12.8 Å². The number of hydrogen-bond acceptors (Lipinski definition) is 4. The van der Waals surface area contributed by atoms with Crippen LogP contribution >= 0.6 is 12.2 Å². The minimum Gasteiger partial charge on any atom is -0.389 e. The first kappa shape index (κ1) is 16.3. The molecule has 5 nitrogen and oxygen atoms in total. The van der Waals surface area contributed by atoms with Crippen molar-refractivity contribution < 1.29 is 17.5 Å². The standard InChI is InChI=1S/C13H17FN2O3S2/c1-19-9-5-7-16(8-6-9)21(17,18)11-4-2-3-10(14)12(11)13(15)20/h2-4,9H,5-8H2,1H3,(H2,15,20). The van der Waals surface area contributed by atoms with Crippen LogP contribution in [0.5, 0.6) is 0 Å². The van der Waals surface area contributed by atoms with Crippen molar-refractivity contribution in [2.24, 2.45) is 5.73 Å². The summed E-state index contributed by atoms with van der Waals surface area (Å²) in [6.07, 6.45) is 1.26. The normalized spacial score (nSPS) is 17.8.